The van der Waals surface area contributed by atoms with E-state index in [4.69, 9.17) is 11.5 Å². The molecule has 1 fully saturated rings. The van der Waals surface area contributed by atoms with Gasteiger partial charge < -0.3 is 21.7 Å². The van der Waals surface area contributed by atoms with Gasteiger partial charge in [0.05, 0.1) is 5.69 Å². The molecule has 2 aromatic heterocycles. The van der Waals surface area contributed by atoms with E-state index in [0.29, 0.717) is 5.56 Å². The minimum absolute atomic E-state index is 0.0671. The van der Waals surface area contributed by atoms with Crippen LogP contribution in [0.3, 0.4) is 0 Å². The number of amides is 3. The molecule has 9 nitrogen and oxygen atoms in total. The lowest BCUT2D eigenvalue weighted by Gasteiger charge is -2.32. The van der Waals surface area contributed by atoms with Crippen LogP contribution in [0.5, 0.6) is 0 Å². The van der Waals surface area contributed by atoms with Gasteiger partial charge in [0.15, 0.2) is 5.69 Å². The summed E-state index contributed by atoms with van der Waals surface area (Å²) in [5.41, 5.74) is 12.6. The highest BCUT2D eigenvalue weighted by molar-refractivity contribution is 7.09. The van der Waals surface area contributed by atoms with Crippen molar-refractivity contribution in [3.05, 3.63) is 76.6 Å². The maximum atomic E-state index is 13.8. The number of nitrogens with one attached hydrogen (secondary N) is 1. The molecule has 34 heavy (non-hydrogen) atoms. The zero-order valence-electron chi connectivity index (χ0n) is 18.5. The van der Waals surface area contributed by atoms with Crippen LogP contribution in [0.4, 0.5) is 5.69 Å². The van der Waals surface area contributed by atoms with Crippen LogP contribution in [-0.4, -0.2) is 38.0 Å². The summed E-state index contributed by atoms with van der Waals surface area (Å²) in [5.74, 6) is -1.60. The van der Waals surface area contributed by atoms with Crippen molar-refractivity contribution in [2.75, 3.05) is 5.73 Å². The number of carbonyl (C=O) groups is 3. The number of rotatable bonds is 8. The van der Waals surface area contributed by atoms with E-state index in [-0.39, 0.29) is 34.8 Å². The highest BCUT2D eigenvalue weighted by Gasteiger charge is 2.36. The quantitative estimate of drug-likeness (QED) is 0.454. The Hall–Kier alpha value is -3.79. The van der Waals surface area contributed by atoms with E-state index in [0.717, 1.165) is 42.8 Å². The molecule has 1 saturated carbocycles. The number of hydrogen-bond acceptors (Lipinski definition) is 7. The lowest BCUT2D eigenvalue weighted by Crippen LogP contribution is -2.45. The van der Waals surface area contributed by atoms with Crippen LogP contribution in [-0.2, 0) is 11.3 Å². The van der Waals surface area contributed by atoms with E-state index in [1.165, 1.54) is 4.90 Å². The van der Waals surface area contributed by atoms with Crippen LogP contribution >= 0.6 is 11.5 Å². The van der Waals surface area contributed by atoms with Gasteiger partial charge in [0.25, 0.3) is 11.8 Å². The Bertz CT molecular complexity index is 1160. The summed E-state index contributed by atoms with van der Waals surface area (Å²) in [4.78, 5) is 44.7. The van der Waals surface area contributed by atoms with Crippen LogP contribution in [0.15, 0.2) is 54.9 Å². The van der Waals surface area contributed by atoms with Crippen LogP contribution in [0.2, 0.25) is 0 Å². The first-order chi connectivity index (χ1) is 16.5. The summed E-state index contributed by atoms with van der Waals surface area (Å²) in [6.07, 6.45) is 7.11. The smallest absolute Gasteiger partial charge is 0.270 e. The highest BCUT2D eigenvalue weighted by Crippen LogP contribution is 2.30. The number of benzene rings is 1. The fraction of sp³-hybridized carbons (Fsp3) is 0.292. The predicted octanol–water partition coefficient (Wildman–Crippen LogP) is 2.66. The van der Waals surface area contributed by atoms with Gasteiger partial charge in [-0.05, 0) is 47.6 Å². The van der Waals surface area contributed by atoms with Crippen molar-refractivity contribution >= 4 is 34.9 Å². The summed E-state index contributed by atoms with van der Waals surface area (Å²) < 4.78 is 3.97. The predicted molar refractivity (Wildman–Crippen MR) is 129 cm³/mol. The Labute approximate surface area is 201 Å². The standard InChI is InChI=1S/C24H26N6O3S/c25-18-19(22(26)31)29-34-21(18)24(33)30(14-15-6-2-1-3-7-15)20(16-10-12-27-13-11-16)23(32)28-17-8-4-5-9-17/h1-3,6-7,10-13,17,20H,4-5,8-9,14,25H2,(H2,26,31)(H,28,32). The Kier molecular flexibility index (Phi) is 7.17. The Morgan fingerprint density at radius 3 is 2.38 bits per heavy atom. The summed E-state index contributed by atoms with van der Waals surface area (Å²) in [7, 11) is 0. The number of nitrogens with two attached hydrogens (primary N) is 2. The van der Waals surface area contributed by atoms with E-state index in [2.05, 4.69) is 14.7 Å². The molecular formula is C24H26N6O3S. The summed E-state index contributed by atoms with van der Waals surface area (Å²) >= 11 is 0.798. The maximum absolute atomic E-state index is 13.8. The van der Waals surface area contributed by atoms with Gasteiger partial charge in [-0.2, -0.15) is 4.37 Å². The summed E-state index contributed by atoms with van der Waals surface area (Å²) in [5, 5.41) is 3.12. The topological polar surface area (TPSA) is 144 Å². The number of hydrogen-bond donors (Lipinski definition) is 3. The zero-order chi connectivity index (χ0) is 24.1. The van der Waals surface area contributed by atoms with E-state index >= 15 is 0 Å². The summed E-state index contributed by atoms with van der Waals surface area (Å²) in [6.45, 7) is 0.147. The first-order valence-corrected chi connectivity index (χ1v) is 11.8. The molecular weight excluding hydrogens is 452 g/mol. The van der Waals surface area contributed by atoms with Gasteiger partial charge in [0.1, 0.15) is 10.9 Å². The third kappa shape index (κ3) is 5.07. The minimum atomic E-state index is -0.935. The largest absolute Gasteiger partial charge is 0.395 e. The van der Waals surface area contributed by atoms with Crippen LogP contribution in [0.1, 0.15) is 63.0 Å². The van der Waals surface area contributed by atoms with Crippen molar-refractivity contribution in [2.45, 2.75) is 44.3 Å². The van der Waals surface area contributed by atoms with Crippen LogP contribution in [0, 0.1) is 0 Å². The highest BCUT2D eigenvalue weighted by atomic mass is 32.1. The van der Waals surface area contributed by atoms with Crippen molar-refractivity contribution in [1.82, 2.24) is 19.6 Å². The van der Waals surface area contributed by atoms with Crippen LogP contribution in [0.25, 0.3) is 0 Å². The molecule has 3 amide bonds. The molecule has 10 heteroatoms. The van der Waals surface area contributed by atoms with Crippen LogP contribution < -0.4 is 16.8 Å². The molecule has 0 radical (unpaired) electrons. The molecule has 1 atom stereocenters. The first kappa shape index (κ1) is 23.4. The molecule has 1 aliphatic rings. The molecule has 2 heterocycles. The second-order valence-corrected chi connectivity index (χ2v) is 9.00. The number of nitrogen functional groups attached to an aromatic ring is 1. The molecule has 4 rings (SSSR count). The minimum Gasteiger partial charge on any atom is -0.395 e. The molecule has 0 spiro atoms. The SMILES string of the molecule is NC(=O)c1nsc(C(=O)N(Cc2ccccc2)C(C(=O)NC2CCCC2)c2ccncc2)c1N. The maximum Gasteiger partial charge on any atom is 0.270 e. The normalized spacial score (nSPS) is 14.5. The van der Waals surface area contributed by atoms with Gasteiger partial charge in [0, 0.05) is 25.0 Å². The number of nitrogens with zero attached hydrogens (tertiary/aromatic N) is 3. The number of carbonyl (C=O) groups excluding carboxylic acids is 3. The molecule has 1 aliphatic carbocycles. The van der Waals surface area contributed by atoms with E-state index < -0.39 is 17.9 Å². The van der Waals surface area contributed by atoms with E-state index in [1.54, 1.807) is 24.5 Å². The molecule has 1 unspecified atom stereocenters. The monoisotopic (exact) mass is 478 g/mol. The van der Waals surface area contributed by atoms with Crippen molar-refractivity contribution < 1.29 is 14.4 Å². The Balaban J connectivity index is 1.76. The van der Waals surface area contributed by atoms with Gasteiger partial charge in [-0.3, -0.25) is 19.4 Å². The van der Waals surface area contributed by atoms with Crippen molar-refractivity contribution in [3.63, 3.8) is 0 Å². The molecule has 0 aliphatic heterocycles. The number of primary amides is 1. The second-order valence-electron chi connectivity index (χ2n) is 8.23. The number of anilines is 1. The Morgan fingerprint density at radius 1 is 1.09 bits per heavy atom. The van der Waals surface area contributed by atoms with Gasteiger partial charge in [0.2, 0.25) is 5.91 Å². The van der Waals surface area contributed by atoms with Gasteiger partial charge in [-0.25, -0.2) is 0 Å². The molecule has 5 N–H and O–H groups in total. The Morgan fingerprint density at radius 2 is 1.76 bits per heavy atom. The van der Waals surface area contributed by atoms with Crippen molar-refractivity contribution in [1.29, 1.82) is 0 Å². The first-order valence-electron chi connectivity index (χ1n) is 11.1. The second kappa shape index (κ2) is 10.4. The lowest BCUT2D eigenvalue weighted by molar-refractivity contribution is -0.126. The number of aromatic nitrogens is 2. The van der Waals surface area contributed by atoms with E-state index in [9.17, 15) is 14.4 Å². The van der Waals surface area contributed by atoms with Crippen molar-refractivity contribution in [3.8, 4) is 0 Å². The average Bonchev–Trinajstić information content (AvgIpc) is 3.49. The average molecular weight is 479 g/mol. The molecule has 0 saturated heterocycles. The fourth-order valence-electron chi connectivity index (χ4n) is 4.19. The zero-order valence-corrected chi connectivity index (χ0v) is 19.3. The molecule has 1 aromatic carbocycles. The number of pyridine rings is 1. The summed E-state index contributed by atoms with van der Waals surface area (Å²) in [6, 6.07) is 11.9. The van der Waals surface area contributed by atoms with Crippen molar-refractivity contribution in [2.24, 2.45) is 5.73 Å². The van der Waals surface area contributed by atoms with E-state index in [1.807, 2.05) is 30.3 Å². The molecule has 3 aromatic rings. The molecule has 176 valence electrons. The lowest BCUT2D eigenvalue weighted by atomic mass is 10.0. The van der Waals surface area contributed by atoms with Gasteiger partial charge >= 0.3 is 0 Å². The third-order valence-corrected chi connectivity index (χ3v) is 6.75. The molecule has 0 bridgehead atoms. The fourth-order valence-corrected chi connectivity index (χ4v) is 4.95. The third-order valence-electron chi connectivity index (χ3n) is 5.90. The van der Waals surface area contributed by atoms with Gasteiger partial charge in [-0.1, -0.05) is 43.2 Å². The van der Waals surface area contributed by atoms with Gasteiger partial charge in [-0.15, -0.1) is 0 Å².